The number of nitro groups is 1. The van der Waals surface area contributed by atoms with E-state index >= 15 is 0 Å². The summed E-state index contributed by atoms with van der Waals surface area (Å²) in [4.78, 5) is 26.8. The Hall–Kier alpha value is -2.45. The van der Waals surface area contributed by atoms with Crippen LogP contribution in [0.15, 0.2) is 40.1 Å². The molecule has 0 radical (unpaired) electrons. The topological polar surface area (TPSA) is 81.0 Å². The zero-order valence-electron chi connectivity index (χ0n) is 13.0. The Bertz CT molecular complexity index is 730. The Kier molecular flexibility index (Phi) is 5.07. The lowest BCUT2D eigenvalue weighted by atomic mass is 10.3. The molecule has 1 N–H and O–H groups in total. The molecule has 1 saturated heterocycles. The molecule has 3 heterocycles. The molecular formula is C16H18N3O4S+. The van der Waals surface area contributed by atoms with E-state index in [1.165, 1.54) is 34.1 Å². The van der Waals surface area contributed by atoms with Gasteiger partial charge in [0.25, 0.3) is 0 Å². The summed E-state index contributed by atoms with van der Waals surface area (Å²) in [5, 5.41) is 12.6. The van der Waals surface area contributed by atoms with Gasteiger partial charge in [-0.25, -0.2) is 0 Å². The molecule has 0 saturated carbocycles. The van der Waals surface area contributed by atoms with Crippen LogP contribution in [0, 0.1) is 10.1 Å². The fraction of sp³-hybridized carbons (Fsp3) is 0.312. The minimum atomic E-state index is -0.602. The fourth-order valence-corrected chi connectivity index (χ4v) is 3.44. The molecule has 126 valence electrons. The average Bonchev–Trinajstić information content (AvgIpc) is 3.25. The van der Waals surface area contributed by atoms with Gasteiger partial charge in [0.05, 0.1) is 37.1 Å². The van der Waals surface area contributed by atoms with Crippen molar-refractivity contribution in [2.24, 2.45) is 0 Å². The first kappa shape index (κ1) is 16.4. The number of amides is 1. The van der Waals surface area contributed by atoms with E-state index in [9.17, 15) is 14.9 Å². The Balaban J connectivity index is 1.49. The second-order valence-corrected chi connectivity index (χ2v) is 6.63. The minimum absolute atomic E-state index is 0.0933. The van der Waals surface area contributed by atoms with Crippen molar-refractivity contribution in [3.8, 4) is 0 Å². The number of carbonyl (C=O) groups is 1. The molecule has 3 rings (SSSR count). The van der Waals surface area contributed by atoms with E-state index in [1.54, 1.807) is 16.2 Å². The SMILES string of the molecule is O=C(/C=C/c1ccc([N+](=O)[O-])o1)N1CC[NH+](Cc2cccs2)CC1. The van der Waals surface area contributed by atoms with Crippen molar-refractivity contribution in [1.82, 2.24) is 4.90 Å². The lowest BCUT2D eigenvalue weighted by Crippen LogP contribution is -3.13. The van der Waals surface area contributed by atoms with Crippen LogP contribution in [-0.2, 0) is 11.3 Å². The van der Waals surface area contributed by atoms with Gasteiger partial charge in [0.2, 0.25) is 5.91 Å². The van der Waals surface area contributed by atoms with Crippen LogP contribution in [0.25, 0.3) is 6.08 Å². The largest absolute Gasteiger partial charge is 0.433 e. The molecule has 2 aromatic heterocycles. The number of furan rings is 1. The molecule has 0 aromatic carbocycles. The monoisotopic (exact) mass is 348 g/mol. The molecule has 0 unspecified atom stereocenters. The summed E-state index contributed by atoms with van der Waals surface area (Å²) < 4.78 is 5.00. The van der Waals surface area contributed by atoms with E-state index < -0.39 is 4.92 Å². The van der Waals surface area contributed by atoms with E-state index in [0.29, 0.717) is 18.8 Å². The summed E-state index contributed by atoms with van der Waals surface area (Å²) in [6, 6.07) is 6.95. The molecule has 7 nitrogen and oxygen atoms in total. The first-order chi connectivity index (χ1) is 11.6. The molecule has 8 heteroatoms. The lowest BCUT2D eigenvalue weighted by molar-refractivity contribution is -0.917. The highest BCUT2D eigenvalue weighted by Gasteiger charge is 2.22. The van der Waals surface area contributed by atoms with Crippen LogP contribution in [0.4, 0.5) is 5.88 Å². The number of hydrogen-bond donors (Lipinski definition) is 1. The molecule has 1 aliphatic rings. The third-order valence-electron chi connectivity index (χ3n) is 3.97. The van der Waals surface area contributed by atoms with Gasteiger partial charge in [0, 0.05) is 6.08 Å². The number of piperazine rings is 1. The maximum absolute atomic E-state index is 12.2. The zero-order valence-corrected chi connectivity index (χ0v) is 13.8. The van der Waals surface area contributed by atoms with Gasteiger partial charge in [0.15, 0.2) is 0 Å². The number of nitrogens with zero attached hydrogens (tertiary/aromatic N) is 2. The predicted molar refractivity (Wildman–Crippen MR) is 89.7 cm³/mol. The normalized spacial score (nSPS) is 15.9. The highest BCUT2D eigenvalue weighted by molar-refractivity contribution is 7.09. The zero-order chi connectivity index (χ0) is 16.9. The van der Waals surface area contributed by atoms with Crippen LogP contribution in [-0.4, -0.2) is 41.9 Å². The number of carbonyl (C=O) groups excluding carboxylic acids is 1. The number of nitrogens with one attached hydrogen (secondary N) is 1. The van der Waals surface area contributed by atoms with Crippen molar-refractivity contribution >= 4 is 29.2 Å². The number of hydrogen-bond acceptors (Lipinski definition) is 5. The maximum atomic E-state index is 12.2. The molecule has 1 fully saturated rings. The van der Waals surface area contributed by atoms with Crippen LogP contribution in [0.2, 0.25) is 0 Å². The van der Waals surface area contributed by atoms with Crippen molar-refractivity contribution < 1.29 is 19.0 Å². The van der Waals surface area contributed by atoms with Crippen LogP contribution in [0.3, 0.4) is 0 Å². The molecular weight excluding hydrogens is 330 g/mol. The van der Waals surface area contributed by atoms with Crippen molar-refractivity contribution in [1.29, 1.82) is 0 Å². The second-order valence-electron chi connectivity index (χ2n) is 5.60. The molecule has 0 bridgehead atoms. The molecule has 0 aliphatic carbocycles. The minimum Gasteiger partial charge on any atom is -0.401 e. The van der Waals surface area contributed by atoms with Gasteiger partial charge in [-0.2, -0.15) is 0 Å². The first-order valence-electron chi connectivity index (χ1n) is 7.69. The number of quaternary nitrogens is 1. The Morgan fingerprint density at radius 2 is 2.17 bits per heavy atom. The molecule has 0 spiro atoms. The Morgan fingerprint density at radius 1 is 1.38 bits per heavy atom. The van der Waals surface area contributed by atoms with Gasteiger partial charge in [-0.3, -0.25) is 14.9 Å². The predicted octanol–water partition coefficient (Wildman–Crippen LogP) is 1.19. The van der Waals surface area contributed by atoms with Gasteiger partial charge in [0.1, 0.15) is 17.2 Å². The van der Waals surface area contributed by atoms with E-state index in [1.807, 2.05) is 0 Å². The van der Waals surface area contributed by atoms with Crippen LogP contribution >= 0.6 is 11.3 Å². The quantitative estimate of drug-likeness (QED) is 0.500. The number of rotatable bonds is 5. The highest BCUT2D eigenvalue weighted by atomic mass is 32.1. The van der Waals surface area contributed by atoms with E-state index in [0.717, 1.165) is 19.6 Å². The Morgan fingerprint density at radius 3 is 2.79 bits per heavy atom. The van der Waals surface area contributed by atoms with Gasteiger partial charge in [-0.1, -0.05) is 6.07 Å². The Labute approximate surface area is 142 Å². The smallest absolute Gasteiger partial charge is 0.401 e. The van der Waals surface area contributed by atoms with Gasteiger partial charge in [-0.15, -0.1) is 11.3 Å². The van der Waals surface area contributed by atoms with Crippen molar-refractivity contribution in [2.45, 2.75) is 6.54 Å². The summed E-state index contributed by atoms with van der Waals surface area (Å²) in [7, 11) is 0. The van der Waals surface area contributed by atoms with Gasteiger partial charge in [-0.05, 0) is 23.6 Å². The van der Waals surface area contributed by atoms with E-state index in [-0.39, 0.29) is 11.8 Å². The molecule has 1 aliphatic heterocycles. The molecule has 0 atom stereocenters. The summed E-state index contributed by atoms with van der Waals surface area (Å²) in [6.45, 7) is 4.27. The summed E-state index contributed by atoms with van der Waals surface area (Å²) in [6.07, 6.45) is 2.88. The highest BCUT2D eigenvalue weighted by Crippen LogP contribution is 2.16. The van der Waals surface area contributed by atoms with Crippen molar-refractivity contribution in [3.63, 3.8) is 0 Å². The number of thiophene rings is 1. The molecule has 1 amide bonds. The first-order valence-corrected chi connectivity index (χ1v) is 8.57. The van der Waals surface area contributed by atoms with E-state index in [4.69, 9.17) is 4.42 Å². The fourth-order valence-electron chi connectivity index (χ4n) is 2.67. The second kappa shape index (κ2) is 7.41. The van der Waals surface area contributed by atoms with E-state index in [2.05, 4.69) is 17.5 Å². The summed E-state index contributed by atoms with van der Waals surface area (Å²) in [5.41, 5.74) is 0. The van der Waals surface area contributed by atoms with Gasteiger partial charge < -0.3 is 14.2 Å². The maximum Gasteiger partial charge on any atom is 0.433 e. The van der Waals surface area contributed by atoms with Crippen LogP contribution in [0.1, 0.15) is 10.6 Å². The molecule has 2 aromatic rings. The third-order valence-corrected chi connectivity index (χ3v) is 4.85. The lowest BCUT2D eigenvalue weighted by Gasteiger charge is -2.31. The van der Waals surface area contributed by atoms with Crippen molar-refractivity contribution in [2.75, 3.05) is 26.2 Å². The van der Waals surface area contributed by atoms with Crippen molar-refractivity contribution in [3.05, 3.63) is 56.5 Å². The standard InChI is InChI=1S/C16H17N3O4S/c20-15(5-3-13-4-6-16(23-13)19(21)22)18-9-7-17(8-10-18)12-14-2-1-11-24-14/h1-6,11H,7-10,12H2/p+1/b5-3+. The summed E-state index contributed by atoms with van der Waals surface area (Å²) in [5.74, 6) is -0.117. The summed E-state index contributed by atoms with van der Waals surface area (Å²) >= 11 is 1.76. The molecule has 24 heavy (non-hydrogen) atoms. The van der Waals surface area contributed by atoms with Crippen LogP contribution < -0.4 is 4.90 Å². The average molecular weight is 348 g/mol. The van der Waals surface area contributed by atoms with Crippen LogP contribution in [0.5, 0.6) is 0 Å². The van der Waals surface area contributed by atoms with Gasteiger partial charge >= 0.3 is 5.88 Å². The third kappa shape index (κ3) is 4.09.